The predicted octanol–water partition coefficient (Wildman–Crippen LogP) is -10.4. The van der Waals surface area contributed by atoms with Crippen molar-refractivity contribution in [2.45, 2.75) is 129 Å². The van der Waals surface area contributed by atoms with Gasteiger partial charge in [-0.2, -0.15) is 0 Å². The third-order valence-corrected chi connectivity index (χ3v) is 8.40. The molecule has 19 atom stereocenters. The van der Waals surface area contributed by atoms with Crippen molar-refractivity contribution in [3.05, 3.63) is 0 Å². The van der Waals surface area contributed by atoms with Gasteiger partial charge in [-0.25, -0.2) is 0 Å². The van der Waals surface area contributed by atoms with E-state index in [1.165, 1.54) is 0 Å². The molecule has 4 fully saturated rings. The van der Waals surface area contributed by atoms with Crippen molar-refractivity contribution in [1.82, 2.24) is 0 Å². The molecule has 0 amide bonds. The number of ether oxygens (including phenoxy) is 6. The van der Waals surface area contributed by atoms with Crippen LogP contribution in [0.15, 0.2) is 0 Å². The monoisotopic (exact) mass is 666 g/mol. The van der Waals surface area contributed by atoms with Crippen LogP contribution in [-0.2, 0) is 28.4 Å². The second-order valence-corrected chi connectivity index (χ2v) is 11.4. The average molecular weight is 667 g/mol. The summed E-state index contributed by atoms with van der Waals surface area (Å²) < 4.78 is 32.1. The molecule has 0 aromatic heterocycles. The Hall–Kier alpha value is -0.840. The topological polar surface area (TPSA) is 359 Å². The fraction of sp³-hybridized carbons (Fsp3) is 1.00. The van der Waals surface area contributed by atoms with Gasteiger partial charge in [-0.15, -0.1) is 0 Å². The van der Waals surface area contributed by atoms with Gasteiger partial charge in [-0.3, -0.25) is 0 Å². The van der Waals surface area contributed by atoms with E-state index in [0.29, 0.717) is 0 Å². The second-order valence-electron chi connectivity index (χ2n) is 11.4. The van der Waals surface area contributed by atoms with Gasteiger partial charge in [0.1, 0.15) is 110 Å². The minimum atomic E-state index is -2.01. The summed E-state index contributed by atoms with van der Waals surface area (Å²) in [6.07, 6.45) is -38.1. The van der Waals surface area contributed by atoms with Crippen molar-refractivity contribution in [1.29, 1.82) is 0 Å². The number of rotatable bonds is 9. The molecule has 21 nitrogen and oxygen atoms in total. The number of aliphatic hydroxyl groups excluding tert-OH is 15. The number of hydrogen-bond acceptors (Lipinski definition) is 21. The molecule has 4 aliphatic rings. The molecular formula is C24H42O21. The lowest BCUT2D eigenvalue weighted by Crippen LogP contribution is -2.67. The molecule has 3 aliphatic heterocycles. The SMILES string of the molecule is OC[C@H]1O[C@H](OC[C@H]2O[C@H](OC[C@H]3O[C@H](OC4[C@@H](O)[C@H](O)C(O)[C@@H](O)[C@@H]4O)[C@H](O)[C@@H](O)[C@H]3O)[C@H](O)[C@@H](O)[C@H]2O)[C@H](O)[C@@H](O)[C@H]1O. The molecular weight excluding hydrogens is 624 g/mol. The van der Waals surface area contributed by atoms with Gasteiger partial charge in [0, 0.05) is 0 Å². The summed E-state index contributed by atoms with van der Waals surface area (Å²) in [6.45, 7) is -2.15. The van der Waals surface area contributed by atoms with Crippen LogP contribution in [0.2, 0.25) is 0 Å². The Balaban J connectivity index is 1.38. The molecule has 4 rings (SSSR count). The molecule has 1 saturated carbocycles. The van der Waals surface area contributed by atoms with Crippen molar-refractivity contribution >= 4 is 0 Å². The third kappa shape index (κ3) is 7.44. The highest BCUT2D eigenvalue weighted by Crippen LogP contribution is 2.31. The average Bonchev–Trinajstić information content (AvgIpc) is 3.03. The lowest BCUT2D eigenvalue weighted by Gasteiger charge is -2.46. The van der Waals surface area contributed by atoms with E-state index in [9.17, 15) is 76.6 Å². The Morgan fingerprint density at radius 2 is 0.667 bits per heavy atom. The largest absolute Gasteiger partial charge is 0.394 e. The third-order valence-electron chi connectivity index (χ3n) is 8.40. The lowest BCUT2D eigenvalue weighted by atomic mass is 9.84. The fourth-order valence-corrected chi connectivity index (χ4v) is 5.46. The van der Waals surface area contributed by atoms with Crippen molar-refractivity contribution in [2.75, 3.05) is 19.8 Å². The van der Waals surface area contributed by atoms with Crippen molar-refractivity contribution in [2.24, 2.45) is 0 Å². The van der Waals surface area contributed by atoms with Crippen LogP contribution in [0.3, 0.4) is 0 Å². The van der Waals surface area contributed by atoms with E-state index in [-0.39, 0.29) is 0 Å². The molecule has 15 N–H and O–H groups in total. The molecule has 0 aromatic rings. The van der Waals surface area contributed by atoms with Crippen LogP contribution in [0.1, 0.15) is 0 Å². The maximum Gasteiger partial charge on any atom is 0.187 e. The van der Waals surface area contributed by atoms with Crippen LogP contribution in [0.25, 0.3) is 0 Å². The van der Waals surface area contributed by atoms with Gasteiger partial charge in [0.25, 0.3) is 0 Å². The van der Waals surface area contributed by atoms with Gasteiger partial charge in [-0.1, -0.05) is 0 Å². The zero-order valence-electron chi connectivity index (χ0n) is 23.4. The number of hydrogen-bond donors (Lipinski definition) is 15. The minimum absolute atomic E-state index is 0.657. The standard InChI is InChI=1S/C24H42O21/c25-1-4-7(26)10(29)18(37)22(42-4)40-2-5-8(27)11(30)19(38)23(43-5)41-3-6-9(28)12(31)20(39)24(44-6)45-21-16(35)14(33)13(32)15(34)17(21)36/h4-39H,1-3H2/t4-,5-,6-,7+,8+,9+,10+,11+,12+,13?,14-,15-,16+,17+,18-,19-,20-,21?,22+,23+,24-/m1/s1. The summed E-state index contributed by atoms with van der Waals surface area (Å²) in [5, 5.41) is 152. The molecule has 1 aliphatic carbocycles. The van der Waals surface area contributed by atoms with E-state index in [2.05, 4.69) is 0 Å². The Morgan fingerprint density at radius 3 is 1.09 bits per heavy atom. The predicted molar refractivity (Wildman–Crippen MR) is 134 cm³/mol. The Bertz CT molecular complexity index is 915. The van der Waals surface area contributed by atoms with E-state index < -0.39 is 149 Å². The molecule has 0 spiro atoms. The van der Waals surface area contributed by atoms with Gasteiger partial charge >= 0.3 is 0 Å². The first kappa shape index (κ1) is 37.0. The molecule has 0 unspecified atom stereocenters. The van der Waals surface area contributed by atoms with E-state index in [1.807, 2.05) is 0 Å². The molecule has 264 valence electrons. The van der Waals surface area contributed by atoms with Crippen molar-refractivity contribution < 1.29 is 105 Å². The summed E-state index contributed by atoms with van der Waals surface area (Å²) in [7, 11) is 0. The fourth-order valence-electron chi connectivity index (χ4n) is 5.46. The first-order chi connectivity index (χ1) is 21.1. The highest BCUT2D eigenvalue weighted by Gasteiger charge is 2.53. The Morgan fingerprint density at radius 1 is 0.356 bits per heavy atom. The van der Waals surface area contributed by atoms with E-state index in [4.69, 9.17) is 28.4 Å². The smallest absolute Gasteiger partial charge is 0.187 e. The molecule has 0 aromatic carbocycles. The summed E-state index contributed by atoms with van der Waals surface area (Å²) in [5.74, 6) is 0. The van der Waals surface area contributed by atoms with Gasteiger partial charge in [0.2, 0.25) is 0 Å². The summed E-state index contributed by atoms with van der Waals surface area (Å²) in [6, 6.07) is 0. The van der Waals surface area contributed by atoms with Gasteiger partial charge in [0.05, 0.1) is 19.8 Å². The quantitative estimate of drug-likeness (QED) is 0.109. The maximum atomic E-state index is 10.4. The van der Waals surface area contributed by atoms with Crippen LogP contribution in [0.4, 0.5) is 0 Å². The zero-order chi connectivity index (χ0) is 33.5. The van der Waals surface area contributed by atoms with Crippen LogP contribution < -0.4 is 0 Å². The molecule has 45 heavy (non-hydrogen) atoms. The van der Waals surface area contributed by atoms with Crippen LogP contribution in [0, 0.1) is 0 Å². The Labute approximate surface area is 254 Å². The summed E-state index contributed by atoms with van der Waals surface area (Å²) >= 11 is 0. The van der Waals surface area contributed by atoms with Gasteiger partial charge in [0.15, 0.2) is 18.9 Å². The van der Waals surface area contributed by atoms with E-state index in [0.717, 1.165) is 0 Å². The zero-order valence-corrected chi connectivity index (χ0v) is 23.4. The van der Waals surface area contributed by atoms with E-state index in [1.54, 1.807) is 0 Å². The second kappa shape index (κ2) is 15.1. The van der Waals surface area contributed by atoms with Crippen LogP contribution in [-0.4, -0.2) is 225 Å². The summed E-state index contributed by atoms with van der Waals surface area (Å²) in [5.41, 5.74) is 0. The molecule has 3 saturated heterocycles. The molecule has 3 heterocycles. The first-order valence-electron chi connectivity index (χ1n) is 14.1. The number of aliphatic hydroxyl groups is 15. The lowest BCUT2D eigenvalue weighted by molar-refractivity contribution is -0.354. The van der Waals surface area contributed by atoms with Crippen molar-refractivity contribution in [3.63, 3.8) is 0 Å². The van der Waals surface area contributed by atoms with Crippen molar-refractivity contribution in [3.8, 4) is 0 Å². The van der Waals surface area contributed by atoms with E-state index >= 15 is 0 Å². The highest BCUT2D eigenvalue weighted by molar-refractivity contribution is 5.01. The van der Waals surface area contributed by atoms with Crippen LogP contribution >= 0.6 is 0 Å². The highest BCUT2D eigenvalue weighted by atomic mass is 16.7. The Kier molecular flexibility index (Phi) is 12.5. The van der Waals surface area contributed by atoms with Gasteiger partial charge in [-0.05, 0) is 0 Å². The molecule has 0 radical (unpaired) electrons. The maximum absolute atomic E-state index is 10.4. The first-order valence-corrected chi connectivity index (χ1v) is 14.1. The minimum Gasteiger partial charge on any atom is -0.394 e. The molecule has 0 bridgehead atoms. The van der Waals surface area contributed by atoms with Crippen LogP contribution in [0.5, 0.6) is 0 Å². The van der Waals surface area contributed by atoms with Gasteiger partial charge < -0.3 is 105 Å². The summed E-state index contributed by atoms with van der Waals surface area (Å²) in [4.78, 5) is 0. The molecule has 21 heteroatoms. The normalized spacial score (nSPS) is 54.6.